The van der Waals surface area contributed by atoms with Crippen LogP contribution in [0, 0.1) is 10.1 Å². The zero-order chi connectivity index (χ0) is 14.8. The summed E-state index contributed by atoms with van der Waals surface area (Å²) in [6.07, 6.45) is 1.54. The standard InChI is InChI=1S/C14H14N4O3/c19-14(17-8-6-15-7-9-17)11-3-4-12(18(20)21)10-2-1-5-16-13(10)11/h1-5,15H,6-9H2. The second-order valence-electron chi connectivity index (χ2n) is 4.83. The summed E-state index contributed by atoms with van der Waals surface area (Å²) in [5.74, 6) is -0.130. The molecule has 1 aliphatic rings. The monoisotopic (exact) mass is 286 g/mol. The fraction of sp³-hybridized carbons (Fsp3) is 0.286. The van der Waals surface area contributed by atoms with Crippen molar-refractivity contribution in [2.45, 2.75) is 0 Å². The van der Waals surface area contributed by atoms with Crippen LogP contribution < -0.4 is 5.32 Å². The highest BCUT2D eigenvalue weighted by Gasteiger charge is 2.23. The van der Waals surface area contributed by atoms with E-state index in [-0.39, 0.29) is 11.6 Å². The number of hydrogen-bond acceptors (Lipinski definition) is 5. The second kappa shape index (κ2) is 5.45. The van der Waals surface area contributed by atoms with E-state index in [4.69, 9.17) is 0 Å². The minimum Gasteiger partial charge on any atom is -0.336 e. The number of nitrogens with zero attached hydrogens (tertiary/aromatic N) is 3. The third-order valence-corrected chi connectivity index (χ3v) is 3.58. The Morgan fingerprint density at radius 3 is 2.76 bits per heavy atom. The summed E-state index contributed by atoms with van der Waals surface area (Å²) < 4.78 is 0. The third-order valence-electron chi connectivity index (χ3n) is 3.58. The molecule has 2 aromatic rings. The van der Waals surface area contributed by atoms with E-state index in [1.54, 1.807) is 23.2 Å². The molecular formula is C14H14N4O3. The van der Waals surface area contributed by atoms with Gasteiger partial charge in [0, 0.05) is 38.4 Å². The fourth-order valence-electron chi connectivity index (χ4n) is 2.53. The van der Waals surface area contributed by atoms with Crippen LogP contribution in [-0.2, 0) is 0 Å². The Morgan fingerprint density at radius 2 is 2.05 bits per heavy atom. The highest BCUT2D eigenvalue weighted by atomic mass is 16.6. The van der Waals surface area contributed by atoms with Crippen LogP contribution in [0.15, 0.2) is 30.5 Å². The number of nitro groups is 1. The van der Waals surface area contributed by atoms with Crippen molar-refractivity contribution in [3.05, 3.63) is 46.1 Å². The van der Waals surface area contributed by atoms with Gasteiger partial charge in [-0.15, -0.1) is 0 Å². The van der Waals surface area contributed by atoms with Crippen LogP contribution in [0.4, 0.5) is 5.69 Å². The average Bonchev–Trinajstić information content (AvgIpc) is 2.54. The van der Waals surface area contributed by atoms with Crippen molar-refractivity contribution in [3.63, 3.8) is 0 Å². The van der Waals surface area contributed by atoms with Crippen molar-refractivity contribution in [2.24, 2.45) is 0 Å². The molecule has 1 amide bonds. The summed E-state index contributed by atoms with van der Waals surface area (Å²) >= 11 is 0. The molecule has 0 radical (unpaired) electrons. The van der Waals surface area contributed by atoms with Gasteiger partial charge in [0.1, 0.15) is 0 Å². The lowest BCUT2D eigenvalue weighted by atomic mass is 10.1. The van der Waals surface area contributed by atoms with E-state index in [2.05, 4.69) is 10.3 Å². The van der Waals surface area contributed by atoms with Crippen LogP contribution in [0.25, 0.3) is 10.9 Å². The molecular weight excluding hydrogens is 272 g/mol. The van der Waals surface area contributed by atoms with Crippen LogP contribution in [0.5, 0.6) is 0 Å². The van der Waals surface area contributed by atoms with Crippen LogP contribution in [0.1, 0.15) is 10.4 Å². The van der Waals surface area contributed by atoms with E-state index in [0.717, 1.165) is 13.1 Å². The Labute approximate surface area is 120 Å². The highest BCUT2D eigenvalue weighted by Crippen LogP contribution is 2.27. The third kappa shape index (κ3) is 2.43. The molecule has 0 saturated carbocycles. The Balaban J connectivity index is 2.09. The van der Waals surface area contributed by atoms with Gasteiger partial charge in [-0.25, -0.2) is 0 Å². The number of piperazine rings is 1. The zero-order valence-corrected chi connectivity index (χ0v) is 11.3. The lowest BCUT2D eigenvalue weighted by molar-refractivity contribution is -0.383. The summed E-state index contributed by atoms with van der Waals surface area (Å²) in [6, 6.07) is 6.13. The molecule has 108 valence electrons. The van der Waals surface area contributed by atoms with E-state index in [1.807, 2.05) is 0 Å². The molecule has 0 spiro atoms. The number of carbonyl (C=O) groups is 1. The van der Waals surface area contributed by atoms with Gasteiger partial charge in [-0.3, -0.25) is 19.9 Å². The zero-order valence-electron chi connectivity index (χ0n) is 11.3. The van der Waals surface area contributed by atoms with Gasteiger partial charge >= 0.3 is 0 Å². The van der Waals surface area contributed by atoms with Crippen molar-refractivity contribution >= 4 is 22.5 Å². The van der Waals surface area contributed by atoms with Crippen molar-refractivity contribution in [1.82, 2.24) is 15.2 Å². The van der Waals surface area contributed by atoms with Gasteiger partial charge in [-0.2, -0.15) is 0 Å². The minimum absolute atomic E-state index is 0.0324. The topological polar surface area (TPSA) is 88.4 Å². The first kappa shape index (κ1) is 13.4. The Morgan fingerprint density at radius 1 is 1.29 bits per heavy atom. The normalized spacial score (nSPS) is 15.1. The van der Waals surface area contributed by atoms with Crippen molar-refractivity contribution < 1.29 is 9.72 Å². The van der Waals surface area contributed by atoms with Crippen LogP contribution >= 0.6 is 0 Å². The van der Waals surface area contributed by atoms with Gasteiger partial charge in [0.05, 0.1) is 21.4 Å². The largest absolute Gasteiger partial charge is 0.336 e. The van der Waals surface area contributed by atoms with Gasteiger partial charge in [0.15, 0.2) is 0 Å². The van der Waals surface area contributed by atoms with E-state index < -0.39 is 4.92 Å². The first-order valence-electron chi connectivity index (χ1n) is 6.70. The molecule has 2 heterocycles. The molecule has 0 bridgehead atoms. The molecule has 0 unspecified atom stereocenters. The number of nitro benzene ring substituents is 1. The number of carbonyl (C=O) groups excluding carboxylic acids is 1. The molecule has 1 fully saturated rings. The number of hydrogen-bond donors (Lipinski definition) is 1. The maximum atomic E-state index is 12.6. The number of pyridine rings is 1. The maximum absolute atomic E-state index is 12.6. The Hall–Kier alpha value is -2.54. The quantitative estimate of drug-likeness (QED) is 0.661. The molecule has 0 aliphatic carbocycles. The number of aromatic nitrogens is 1. The predicted octanol–water partition coefficient (Wildman–Crippen LogP) is 1.19. The average molecular weight is 286 g/mol. The molecule has 21 heavy (non-hydrogen) atoms. The number of non-ortho nitro benzene ring substituents is 1. The lowest BCUT2D eigenvalue weighted by Crippen LogP contribution is -2.46. The minimum atomic E-state index is -0.455. The summed E-state index contributed by atoms with van der Waals surface area (Å²) in [4.78, 5) is 29.1. The molecule has 7 heteroatoms. The maximum Gasteiger partial charge on any atom is 0.278 e. The van der Waals surface area contributed by atoms with Crippen LogP contribution in [-0.4, -0.2) is 46.9 Å². The number of amides is 1. The highest BCUT2D eigenvalue weighted by molar-refractivity contribution is 6.07. The molecule has 0 atom stereocenters. The smallest absolute Gasteiger partial charge is 0.278 e. The Bertz CT molecular complexity index is 710. The van der Waals surface area contributed by atoms with Crippen LogP contribution in [0.2, 0.25) is 0 Å². The van der Waals surface area contributed by atoms with E-state index in [1.165, 1.54) is 12.1 Å². The fourth-order valence-corrected chi connectivity index (χ4v) is 2.53. The molecule has 1 N–H and O–H groups in total. The van der Waals surface area contributed by atoms with E-state index >= 15 is 0 Å². The summed E-state index contributed by atoms with van der Waals surface area (Å²) in [6.45, 7) is 2.77. The molecule has 7 nitrogen and oxygen atoms in total. The molecule has 1 aromatic carbocycles. The number of benzene rings is 1. The van der Waals surface area contributed by atoms with E-state index in [9.17, 15) is 14.9 Å². The summed E-state index contributed by atoms with van der Waals surface area (Å²) in [7, 11) is 0. The van der Waals surface area contributed by atoms with E-state index in [0.29, 0.717) is 29.6 Å². The van der Waals surface area contributed by atoms with Gasteiger partial charge in [-0.05, 0) is 18.2 Å². The van der Waals surface area contributed by atoms with Crippen molar-refractivity contribution in [2.75, 3.05) is 26.2 Å². The predicted molar refractivity (Wildman–Crippen MR) is 77.2 cm³/mol. The van der Waals surface area contributed by atoms with Gasteiger partial charge < -0.3 is 10.2 Å². The number of fused-ring (bicyclic) bond motifs is 1. The van der Waals surface area contributed by atoms with Crippen LogP contribution in [0.3, 0.4) is 0 Å². The van der Waals surface area contributed by atoms with Crippen molar-refractivity contribution in [3.8, 4) is 0 Å². The number of nitrogens with one attached hydrogen (secondary N) is 1. The summed E-state index contributed by atoms with van der Waals surface area (Å²) in [5, 5.41) is 14.6. The van der Waals surface area contributed by atoms with Gasteiger partial charge in [-0.1, -0.05) is 0 Å². The summed E-state index contributed by atoms with van der Waals surface area (Å²) in [5.41, 5.74) is 0.767. The molecule has 1 aliphatic heterocycles. The first-order chi connectivity index (χ1) is 10.2. The van der Waals surface area contributed by atoms with Gasteiger partial charge in [0.25, 0.3) is 11.6 Å². The van der Waals surface area contributed by atoms with Crippen molar-refractivity contribution in [1.29, 1.82) is 0 Å². The SMILES string of the molecule is O=C(c1ccc([N+](=O)[O-])c2cccnc12)N1CCNCC1. The first-order valence-corrected chi connectivity index (χ1v) is 6.70. The molecule has 1 saturated heterocycles. The molecule has 1 aromatic heterocycles. The lowest BCUT2D eigenvalue weighted by Gasteiger charge is -2.27. The Kier molecular flexibility index (Phi) is 3.49. The molecule has 3 rings (SSSR count). The number of rotatable bonds is 2. The van der Waals surface area contributed by atoms with Gasteiger partial charge in [0.2, 0.25) is 0 Å². The second-order valence-corrected chi connectivity index (χ2v) is 4.83.